The molecule has 1 aromatic rings. The van der Waals surface area contributed by atoms with E-state index in [4.69, 9.17) is 0 Å². The van der Waals surface area contributed by atoms with E-state index < -0.39 is 11.6 Å². The van der Waals surface area contributed by atoms with Gasteiger partial charge in [-0.3, -0.25) is 9.69 Å². The summed E-state index contributed by atoms with van der Waals surface area (Å²) < 4.78 is 26.4. The largest absolute Gasteiger partial charge is 0.293 e. The Labute approximate surface area is 111 Å². The summed E-state index contributed by atoms with van der Waals surface area (Å²) in [5.41, 5.74) is 0.00264. The minimum atomic E-state index is -0.757. The van der Waals surface area contributed by atoms with Gasteiger partial charge in [-0.1, -0.05) is 0 Å². The van der Waals surface area contributed by atoms with Gasteiger partial charge in [-0.15, -0.1) is 0 Å². The molecule has 2 nitrogen and oxygen atoms in total. The highest BCUT2D eigenvalue weighted by Crippen LogP contribution is 2.34. The third-order valence-electron chi connectivity index (χ3n) is 3.83. The molecule has 3 rings (SSSR count). The first-order chi connectivity index (χ1) is 9.13. The summed E-state index contributed by atoms with van der Waals surface area (Å²) in [7, 11) is 0. The summed E-state index contributed by atoms with van der Waals surface area (Å²) in [6.45, 7) is 1.20. The molecule has 1 aromatic carbocycles. The molecule has 0 spiro atoms. The Bertz CT molecular complexity index is 495. The third kappa shape index (κ3) is 3.18. The molecular weight excluding hydrogens is 248 g/mol. The van der Waals surface area contributed by atoms with Gasteiger partial charge in [0.1, 0.15) is 11.6 Å². The Kier molecular flexibility index (Phi) is 3.35. The van der Waals surface area contributed by atoms with Crippen molar-refractivity contribution >= 4 is 5.78 Å². The maximum atomic E-state index is 13.6. The number of nitrogens with zero attached hydrogens (tertiary/aromatic N) is 1. The molecule has 0 bridgehead atoms. The Morgan fingerprint density at radius 3 is 2.53 bits per heavy atom. The normalized spacial score (nSPS) is 18.9. The van der Waals surface area contributed by atoms with Crippen molar-refractivity contribution < 1.29 is 13.6 Å². The first kappa shape index (κ1) is 12.7. The Morgan fingerprint density at radius 2 is 1.95 bits per heavy atom. The van der Waals surface area contributed by atoms with E-state index in [9.17, 15) is 13.6 Å². The highest BCUT2D eigenvalue weighted by molar-refractivity contribution is 5.97. The number of hydrogen-bond acceptors (Lipinski definition) is 2. The second-order valence-electron chi connectivity index (χ2n) is 5.65. The molecule has 0 radical (unpaired) electrons. The molecule has 0 heterocycles. The minimum absolute atomic E-state index is 0.00264. The van der Waals surface area contributed by atoms with Crippen molar-refractivity contribution in [2.75, 3.05) is 13.1 Å². The summed E-state index contributed by atoms with van der Waals surface area (Å²) in [6.07, 6.45) is 4.74. The predicted molar refractivity (Wildman–Crippen MR) is 68.0 cm³/mol. The molecule has 0 N–H and O–H groups in total. The smallest absolute Gasteiger partial charge is 0.179 e. The van der Waals surface area contributed by atoms with Crippen molar-refractivity contribution in [3.05, 3.63) is 35.4 Å². The van der Waals surface area contributed by atoms with Gasteiger partial charge in [-0.25, -0.2) is 8.78 Å². The van der Waals surface area contributed by atoms with E-state index in [1.165, 1.54) is 18.9 Å². The van der Waals surface area contributed by atoms with E-state index in [-0.39, 0.29) is 17.9 Å². The fraction of sp³-hybridized carbons (Fsp3) is 0.533. The fourth-order valence-corrected chi connectivity index (χ4v) is 2.40. The molecule has 0 atom stereocenters. The van der Waals surface area contributed by atoms with Gasteiger partial charge in [0.2, 0.25) is 0 Å². The monoisotopic (exact) mass is 265 g/mol. The van der Waals surface area contributed by atoms with Crippen LogP contribution in [0.4, 0.5) is 8.78 Å². The van der Waals surface area contributed by atoms with Crippen LogP contribution in [-0.2, 0) is 0 Å². The van der Waals surface area contributed by atoms with Crippen LogP contribution in [0, 0.1) is 17.6 Å². The molecule has 0 aliphatic heterocycles. The number of carbonyl (C=O) groups excluding carboxylic acids is 1. The van der Waals surface area contributed by atoms with E-state index in [0.29, 0.717) is 12.0 Å². The quantitative estimate of drug-likeness (QED) is 0.737. The second-order valence-corrected chi connectivity index (χ2v) is 5.65. The first-order valence-electron chi connectivity index (χ1n) is 6.86. The predicted octanol–water partition coefficient (Wildman–Crippen LogP) is 3.02. The molecule has 2 aliphatic rings. The molecule has 4 heteroatoms. The number of rotatable bonds is 6. The SMILES string of the molecule is O=C(CN(CC1CC1)C1CC1)c1ccc(F)cc1F. The van der Waals surface area contributed by atoms with Crippen LogP contribution in [-0.4, -0.2) is 29.8 Å². The molecule has 0 unspecified atom stereocenters. The van der Waals surface area contributed by atoms with Gasteiger partial charge in [-0.05, 0) is 43.7 Å². The third-order valence-corrected chi connectivity index (χ3v) is 3.83. The zero-order valence-corrected chi connectivity index (χ0v) is 10.7. The van der Waals surface area contributed by atoms with Crippen LogP contribution in [0.5, 0.6) is 0 Å². The zero-order chi connectivity index (χ0) is 13.4. The number of benzene rings is 1. The molecule has 19 heavy (non-hydrogen) atoms. The summed E-state index contributed by atoms with van der Waals surface area (Å²) in [5.74, 6) is -0.935. The number of carbonyl (C=O) groups is 1. The average Bonchev–Trinajstić information content (AvgIpc) is 3.22. The van der Waals surface area contributed by atoms with E-state index in [0.717, 1.165) is 31.5 Å². The zero-order valence-electron chi connectivity index (χ0n) is 10.7. The lowest BCUT2D eigenvalue weighted by atomic mass is 10.1. The van der Waals surface area contributed by atoms with E-state index in [2.05, 4.69) is 4.90 Å². The Hall–Kier alpha value is -1.29. The lowest BCUT2D eigenvalue weighted by Gasteiger charge is -2.21. The molecule has 0 saturated heterocycles. The van der Waals surface area contributed by atoms with Crippen molar-refractivity contribution in [2.45, 2.75) is 31.7 Å². The van der Waals surface area contributed by atoms with Gasteiger partial charge in [0.15, 0.2) is 5.78 Å². The second kappa shape index (κ2) is 5.00. The maximum Gasteiger partial charge on any atom is 0.179 e. The Morgan fingerprint density at radius 1 is 1.21 bits per heavy atom. The van der Waals surface area contributed by atoms with Crippen LogP contribution in [0.3, 0.4) is 0 Å². The Balaban J connectivity index is 1.68. The number of ketones is 1. The summed E-state index contributed by atoms with van der Waals surface area (Å²) in [5, 5.41) is 0. The highest BCUT2D eigenvalue weighted by Gasteiger charge is 2.34. The van der Waals surface area contributed by atoms with E-state index in [1.54, 1.807) is 0 Å². The topological polar surface area (TPSA) is 20.3 Å². The summed E-state index contributed by atoms with van der Waals surface area (Å²) in [6, 6.07) is 3.65. The van der Waals surface area contributed by atoms with Crippen LogP contribution in [0.2, 0.25) is 0 Å². The molecule has 2 fully saturated rings. The molecule has 2 aliphatic carbocycles. The van der Waals surface area contributed by atoms with Gasteiger partial charge >= 0.3 is 0 Å². The van der Waals surface area contributed by atoms with E-state index in [1.807, 2.05) is 0 Å². The van der Waals surface area contributed by atoms with Crippen LogP contribution in [0.15, 0.2) is 18.2 Å². The van der Waals surface area contributed by atoms with Crippen LogP contribution in [0.1, 0.15) is 36.0 Å². The molecular formula is C15H17F2NO. The first-order valence-corrected chi connectivity index (χ1v) is 6.86. The lowest BCUT2D eigenvalue weighted by molar-refractivity contribution is 0.0917. The van der Waals surface area contributed by atoms with Gasteiger partial charge < -0.3 is 0 Å². The average molecular weight is 265 g/mol. The van der Waals surface area contributed by atoms with E-state index >= 15 is 0 Å². The van der Waals surface area contributed by atoms with Crippen LogP contribution >= 0.6 is 0 Å². The van der Waals surface area contributed by atoms with Gasteiger partial charge in [0, 0.05) is 18.7 Å². The van der Waals surface area contributed by atoms with Crippen LogP contribution < -0.4 is 0 Å². The van der Waals surface area contributed by atoms with Crippen LogP contribution in [0.25, 0.3) is 0 Å². The number of Topliss-reactive ketones (excluding diaryl/α,β-unsaturated/α-hetero) is 1. The van der Waals surface area contributed by atoms with Crippen molar-refractivity contribution in [1.29, 1.82) is 0 Å². The van der Waals surface area contributed by atoms with Gasteiger partial charge in [0.25, 0.3) is 0 Å². The van der Waals surface area contributed by atoms with Crippen molar-refractivity contribution in [2.24, 2.45) is 5.92 Å². The molecule has 102 valence electrons. The molecule has 2 saturated carbocycles. The standard InChI is InChI=1S/C15H17F2NO/c16-11-3-6-13(14(17)7-11)15(19)9-18(12-4-5-12)8-10-1-2-10/h3,6-7,10,12H,1-2,4-5,8-9H2. The molecule has 0 aromatic heterocycles. The van der Waals surface area contributed by atoms with Crippen molar-refractivity contribution in [3.63, 3.8) is 0 Å². The van der Waals surface area contributed by atoms with Gasteiger partial charge in [-0.2, -0.15) is 0 Å². The van der Waals surface area contributed by atoms with Crippen molar-refractivity contribution in [3.8, 4) is 0 Å². The number of halogens is 2. The minimum Gasteiger partial charge on any atom is -0.293 e. The lowest BCUT2D eigenvalue weighted by Crippen LogP contribution is -2.34. The van der Waals surface area contributed by atoms with Gasteiger partial charge in [0.05, 0.1) is 12.1 Å². The maximum absolute atomic E-state index is 13.6. The highest BCUT2D eigenvalue weighted by atomic mass is 19.1. The summed E-state index contributed by atoms with van der Waals surface area (Å²) in [4.78, 5) is 14.3. The van der Waals surface area contributed by atoms with Crippen molar-refractivity contribution in [1.82, 2.24) is 4.90 Å². The number of hydrogen-bond donors (Lipinski definition) is 0. The molecule has 0 amide bonds. The fourth-order valence-electron chi connectivity index (χ4n) is 2.40. The summed E-state index contributed by atoms with van der Waals surface area (Å²) >= 11 is 0.